The van der Waals surface area contributed by atoms with E-state index >= 15 is 0 Å². The van der Waals surface area contributed by atoms with Crippen molar-refractivity contribution in [2.75, 3.05) is 0 Å². The fourth-order valence-corrected chi connectivity index (χ4v) is 1.62. The van der Waals surface area contributed by atoms with Crippen molar-refractivity contribution in [2.24, 2.45) is 5.73 Å². The van der Waals surface area contributed by atoms with E-state index in [1.807, 2.05) is 25.1 Å². The van der Waals surface area contributed by atoms with E-state index in [2.05, 4.69) is 25.6 Å². The summed E-state index contributed by atoms with van der Waals surface area (Å²) in [5.74, 6) is 0. The third kappa shape index (κ3) is 2.19. The molecule has 0 saturated heterocycles. The molecular weight excluding hydrogens is 158 g/mol. The molecule has 0 saturated carbocycles. The van der Waals surface area contributed by atoms with Crippen molar-refractivity contribution in [1.82, 2.24) is 0 Å². The molecule has 0 heterocycles. The van der Waals surface area contributed by atoms with Crippen molar-refractivity contribution in [3.63, 3.8) is 0 Å². The molecular formula is C12H17N. The summed E-state index contributed by atoms with van der Waals surface area (Å²) < 4.78 is 0. The zero-order valence-corrected chi connectivity index (χ0v) is 8.38. The smallest absolute Gasteiger partial charge is 0.0418 e. The van der Waals surface area contributed by atoms with E-state index in [9.17, 15) is 0 Å². The quantitative estimate of drug-likeness (QED) is 0.702. The lowest BCUT2D eigenvalue weighted by atomic mass is 9.87. The molecule has 0 aromatic heterocycles. The van der Waals surface area contributed by atoms with Gasteiger partial charge in [-0.2, -0.15) is 0 Å². The van der Waals surface area contributed by atoms with Crippen molar-refractivity contribution >= 4 is 0 Å². The first-order valence-corrected chi connectivity index (χ1v) is 4.54. The fourth-order valence-electron chi connectivity index (χ4n) is 1.62. The molecule has 0 aliphatic heterocycles. The minimum absolute atomic E-state index is 0.285. The fraction of sp³-hybridized carbons (Fsp3) is 0.333. The number of aryl methyl sites for hydroxylation is 1. The molecule has 1 heteroatoms. The lowest BCUT2D eigenvalue weighted by molar-refractivity contribution is 0.499. The van der Waals surface area contributed by atoms with Crippen LogP contribution in [0.15, 0.2) is 36.9 Å². The van der Waals surface area contributed by atoms with Crippen molar-refractivity contribution in [1.29, 1.82) is 0 Å². The molecule has 1 atom stereocenters. The van der Waals surface area contributed by atoms with Gasteiger partial charge in [-0.05, 0) is 31.4 Å². The average Bonchev–Trinajstić information content (AvgIpc) is 2.04. The van der Waals surface area contributed by atoms with E-state index in [-0.39, 0.29) is 5.54 Å². The van der Waals surface area contributed by atoms with Gasteiger partial charge in [-0.3, -0.25) is 0 Å². The monoisotopic (exact) mass is 175 g/mol. The second-order valence-electron chi connectivity index (χ2n) is 3.73. The molecule has 0 fully saturated rings. The van der Waals surface area contributed by atoms with Crippen LogP contribution in [0.3, 0.4) is 0 Å². The highest BCUT2D eigenvalue weighted by Crippen LogP contribution is 2.24. The van der Waals surface area contributed by atoms with Crippen LogP contribution in [-0.2, 0) is 5.54 Å². The van der Waals surface area contributed by atoms with Gasteiger partial charge < -0.3 is 5.73 Å². The van der Waals surface area contributed by atoms with Gasteiger partial charge >= 0.3 is 0 Å². The maximum absolute atomic E-state index is 6.18. The zero-order valence-electron chi connectivity index (χ0n) is 8.38. The first-order chi connectivity index (χ1) is 6.08. The summed E-state index contributed by atoms with van der Waals surface area (Å²) in [6.45, 7) is 7.85. The van der Waals surface area contributed by atoms with Crippen molar-refractivity contribution in [3.8, 4) is 0 Å². The molecule has 2 N–H and O–H groups in total. The van der Waals surface area contributed by atoms with E-state index in [4.69, 9.17) is 5.73 Å². The highest BCUT2D eigenvalue weighted by atomic mass is 14.7. The lowest BCUT2D eigenvalue weighted by Gasteiger charge is -2.25. The van der Waals surface area contributed by atoms with Gasteiger partial charge in [0.25, 0.3) is 0 Å². The molecule has 1 aromatic rings. The average molecular weight is 175 g/mol. The molecule has 0 radical (unpaired) electrons. The molecule has 1 nitrogen and oxygen atoms in total. The summed E-state index contributed by atoms with van der Waals surface area (Å²) in [7, 11) is 0. The predicted molar refractivity (Wildman–Crippen MR) is 57.5 cm³/mol. The van der Waals surface area contributed by atoms with Gasteiger partial charge in [0.1, 0.15) is 0 Å². The molecule has 1 unspecified atom stereocenters. The van der Waals surface area contributed by atoms with Crippen molar-refractivity contribution in [2.45, 2.75) is 25.8 Å². The van der Waals surface area contributed by atoms with Crippen LogP contribution in [0.1, 0.15) is 24.5 Å². The molecule has 0 aliphatic rings. The molecule has 0 amide bonds. The number of nitrogens with two attached hydrogens (primary N) is 1. The topological polar surface area (TPSA) is 26.0 Å². The molecule has 1 aromatic carbocycles. The maximum Gasteiger partial charge on any atom is 0.0418 e. The lowest BCUT2D eigenvalue weighted by Crippen LogP contribution is -2.33. The summed E-state index contributed by atoms with van der Waals surface area (Å²) in [5, 5.41) is 0. The predicted octanol–water partition coefficient (Wildman–Crippen LogP) is 2.75. The number of benzene rings is 1. The number of hydrogen-bond donors (Lipinski definition) is 1. The highest BCUT2D eigenvalue weighted by Gasteiger charge is 2.20. The van der Waals surface area contributed by atoms with Gasteiger partial charge in [-0.15, -0.1) is 6.58 Å². The molecule has 70 valence electrons. The van der Waals surface area contributed by atoms with Crippen LogP contribution < -0.4 is 5.73 Å². The summed E-state index contributed by atoms with van der Waals surface area (Å²) in [6.07, 6.45) is 2.67. The van der Waals surface area contributed by atoms with Gasteiger partial charge in [-0.25, -0.2) is 0 Å². The summed E-state index contributed by atoms with van der Waals surface area (Å²) in [6, 6.07) is 8.22. The Hall–Kier alpha value is -1.08. The Kier molecular flexibility index (Phi) is 2.89. The van der Waals surface area contributed by atoms with Crippen LogP contribution in [0.5, 0.6) is 0 Å². The highest BCUT2D eigenvalue weighted by molar-refractivity contribution is 5.32. The van der Waals surface area contributed by atoms with Gasteiger partial charge in [0, 0.05) is 5.54 Å². The van der Waals surface area contributed by atoms with Crippen LogP contribution in [-0.4, -0.2) is 0 Å². The second-order valence-corrected chi connectivity index (χ2v) is 3.73. The Bertz CT molecular complexity index is 300. The zero-order chi connectivity index (χ0) is 9.90. The molecule has 0 bridgehead atoms. The second kappa shape index (κ2) is 3.75. The molecule has 0 aliphatic carbocycles. The van der Waals surface area contributed by atoms with E-state index in [0.29, 0.717) is 0 Å². The third-order valence-corrected chi connectivity index (χ3v) is 2.33. The molecule has 1 rings (SSSR count). The van der Waals surface area contributed by atoms with Crippen LogP contribution in [0.25, 0.3) is 0 Å². The van der Waals surface area contributed by atoms with Gasteiger partial charge in [0.2, 0.25) is 0 Å². The first kappa shape index (κ1) is 10.0. The van der Waals surface area contributed by atoms with E-state index in [1.165, 1.54) is 11.1 Å². The molecule has 0 spiro atoms. The van der Waals surface area contributed by atoms with Crippen LogP contribution in [0, 0.1) is 6.92 Å². The van der Waals surface area contributed by atoms with E-state index in [0.717, 1.165) is 6.42 Å². The summed E-state index contributed by atoms with van der Waals surface area (Å²) in [4.78, 5) is 0. The van der Waals surface area contributed by atoms with Gasteiger partial charge in [0.05, 0.1) is 0 Å². The maximum atomic E-state index is 6.18. The van der Waals surface area contributed by atoms with Crippen LogP contribution >= 0.6 is 0 Å². The Morgan fingerprint density at radius 1 is 1.46 bits per heavy atom. The van der Waals surface area contributed by atoms with E-state index in [1.54, 1.807) is 0 Å². The number of hydrogen-bond acceptors (Lipinski definition) is 1. The minimum atomic E-state index is -0.285. The van der Waals surface area contributed by atoms with Crippen LogP contribution in [0.2, 0.25) is 0 Å². The Morgan fingerprint density at radius 3 is 2.62 bits per heavy atom. The Labute approximate surface area is 80.3 Å². The normalized spacial score (nSPS) is 15.0. The largest absolute Gasteiger partial charge is 0.321 e. The summed E-state index contributed by atoms with van der Waals surface area (Å²) >= 11 is 0. The number of rotatable bonds is 3. The first-order valence-electron chi connectivity index (χ1n) is 4.54. The van der Waals surface area contributed by atoms with Crippen molar-refractivity contribution in [3.05, 3.63) is 48.0 Å². The van der Waals surface area contributed by atoms with Crippen molar-refractivity contribution < 1.29 is 0 Å². The molecule has 13 heavy (non-hydrogen) atoms. The van der Waals surface area contributed by atoms with Crippen LogP contribution in [0.4, 0.5) is 0 Å². The SMILES string of the molecule is C=CCC(C)(N)c1ccccc1C. The van der Waals surface area contributed by atoms with E-state index < -0.39 is 0 Å². The summed E-state index contributed by atoms with van der Waals surface area (Å²) in [5.41, 5.74) is 8.34. The third-order valence-electron chi connectivity index (χ3n) is 2.33. The standard InChI is InChI=1S/C12H17N/c1-4-9-12(3,13)11-8-6-5-7-10(11)2/h4-8H,1,9,13H2,2-3H3. The Morgan fingerprint density at radius 2 is 2.08 bits per heavy atom. The Balaban J connectivity index is 3.06. The minimum Gasteiger partial charge on any atom is -0.321 e. The van der Waals surface area contributed by atoms with Gasteiger partial charge in [-0.1, -0.05) is 30.3 Å². The van der Waals surface area contributed by atoms with Gasteiger partial charge in [0.15, 0.2) is 0 Å².